The van der Waals surface area contributed by atoms with Crippen molar-refractivity contribution in [3.63, 3.8) is 0 Å². The number of para-hydroxylation sites is 1. The van der Waals surface area contributed by atoms with Crippen molar-refractivity contribution in [1.29, 1.82) is 0 Å². The van der Waals surface area contributed by atoms with Crippen molar-refractivity contribution in [2.75, 3.05) is 31.6 Å². The predicted octanol–water partition coefficient (Wildman–Crippen LogP) is 2.10. The van der Waals surface area contributed by atoms with E-state index in [1.54, 1.807) is 31.2 Å². The summed E-state index contributed by atoms with van der Waals surface area (Å²) in [6.07, 6.45) is 1.66. The van der Waals surface area contributed by atoms with E-state index in [1.807, 2.05) is 4.90 Å². The van der Waals surface area contributed by atoms with Crippen LogP contribution in [-0.4, -0.2) is 48.8 Å². The number of esters is 1. The van der Waals surface area contributed by atoms with Crippen molar-refractivity contribution in [3.8, 4) is 0 Å². The van der Waals surface area contributed by atoms with E-state index in [4.69, 9.17) is 4.74 Å². The summed E-state index contributed by atoms with van der Waals surface area (Å²) >= 11 is 0. The lowest BCUT2D eigenvalue weighted by atomic mass is 9.98. The Morgan fingerprint density at radius 2 is 2.04 bits per heavy atom. The Hall–Kier alpha value is -2.21. The molecule has 1 aliphatic rings. The molecular weight excluding hydrogens is 308 g/mol. The highest BCUT2D eigenvalue weighted by atomic mass is 16.5. The van der Waals surface area contributed by atoms with Crippen LogP contribution in [0.4, 0.5) is 5.69 Å². The number of piperidine rings is 1. The maximum Gasteiger partial charge on any atom is 0.310 e. The molecule has 2 rings (SSSR count). The second kappa shape index (κ2) is 8.59. The minimum Gasteiger partial charge on any atom is -0.466 e. The molecule has 130 valence electrons. The largest absolute Gasteiger partial charge is 0.466 e. The van der Waals surface area contributed by atoms with E-state index < -0.39 is 0 Å². The number of likely N-dealkylation sites (tertiary alicyclic amines) is 1. The minimum atomic E-state index is -0.190. The third kappa shape index (κ3) is 4.89. The molecule has 24 heavy (non-hydrogen) atoms. The van der Waals surface area contributed by atoms with Gasteiger partial charge in [0, 0.05) is 12.1 Å². The number of carbonyl (C=O) groups is 3. The number of hydrogen-bond donors (Lipinski definition) is 1. The first-order valence-electron chi connectivity index (χ1n) is 8.30. The van der Waals surface area contributed by atoms with Crippen molar-refractivity contribution < 1.29 is 19.1 Å². The van der Waals surface area contributed by atoms with E-state index in [-0.39, 0.29) is 30.1 Å². The number of hydrogen-bond acceptors (Lipinski definition) is 5. The lowest BCUT2D eigenvalue weighted by Crippen LogP contribution is -2.43. The van der Waals surface area contributed by atoms with E-state index >= 15 is 0 Å². The number of rotatable bonds is 6. The fourth-order valence-corrected chi connectivity index (χ4v) is 2.94. The maximum absolute atomic E-state index is 12.3. The van der Waals surface area contributed by atoms with Crippen LogP contribution in [0.3, 0.4) is 0 Å². The second-order valence-corrected chi connectivity index (χ2v) is 5.98. The smallest absolute Gasteiger partial charge is 0.310 e. The minimum absolute atomic E-state index is 0.0914. The zero-order valence-electron chi connectivity index (χ0n) is 14.2. The monoisotopic (exact) mass is 332 g/mol. The number of anilines is 1. The van der Waals surface area contributed by atoms with Crippen LogP contribution in [0.1, 0.15) is 37.0 Å². The molecule has 1 fully saturated rings. The zero-order valence-corrected chi connectivity index (χ0v) is 14.2. The topological polar surface area (TPSA) is 75.7 Å². The number of nitrogens with zero attached hydrogens (tertiary/aromatic N) is 1. The fraction of sp³-hybridized carbons (Fsp3) is 0.500. The number of ketones is 1. The quantitative estimate of drug-likeness (QED) is 0.638. The lowest BCUT2D eigenvalue weighted by Gasteiger charge is -2.30. The van der Waals surface area contributed by atoms with E-state index in [0.717, 1.165) is 19.4 Å². The molecule has 1 saturated heterocycles. The Labute approximate surface area is 142 Å². The number of carbonyl (C=O) groups excluding carboxylic acids is 3. The van der Waals surface area contributed by atoms with Crippen LogP contribution in [-0.2, 0) is 14.3 Å². The SMILES string of the molecule is CCOC(=O)[C@H]1CCCN(CC(=O)Nc2ccccc2C(C)=O)C1. The number of ether oxygens (including phenoxy) is 1. The predicted molar refractivity (Wildman–Crippen MR) is 90.9 cm³/mol. The number of nitrogens with one attached hydrogen (secondary N) is 1. The second-order valence-electron chi connectivity index (χ2n) is 5.98. The number of amides is 1. The van der Waals surface area contributed by atoms with Crippen LogP contribution in [0, 0.1) is 5.92 Å². The van der Waals surface area contributed by atoms with Gasteiger partial charge in [0.25, 0.3) is 0 Å². The first kappa shape index (κ1) is 18.1. The summed E-state index contributed by atoms with van der Waals surface area (Å²) in [6, 6.07) is 6.95. The van der Waals surface area contributed by atoms with Crippen LogP contribution < -0.4 is 5.32 Å². The molecule has 1 amide bonds. The van der Waals surface area contributed by atoms with Crippen molar-refractivity contribution in [2.45, 2.75) is 26.7 Å². The summed E-state index contributed by atoms with van der Waals surface area (Å²) in [6.45, 7) is 5.13. The van der Waals surface area contributed by atoms with E-state index in [1.165, 1.54) is 6.92 Å². The van der Waals surface area contributed by atoms with E-state index in [0.29, 0.717) is 24.4 Å². The molecular formula is C18H24N2O4. The Morgan fingerprint density at radius 1 is 1.29 bits per heavy atom. The summed E-state index contributed by atoms with van der Waals surface area (Å²) in [5, 5.41) is 2.79. The summed E-state index contributed by atoms with van der Waals surface area (Å²) in [5.74, 6) is -0.639. The van der Waals surface area contributed by atoms with Gasteiger partial charge in [0.1, 0.15) is 0 Å². The van der Waals surface area contributed by atoms with Gasteiger partial charge in [0.05, 0.1) is 24.8 Å². The van der Waals surface area contributed by atoms with Gasteiger partial charge in [-0.1, -0.05) is 12.1 Å². The van der Waals surface area contributed by atoms with Crippen LogP contribution in [0.2, 0.25) is 0 Å². The molecule has 1 heterocycles. The van der Waals surface area contributed by atoms with Crippen molar-refractivity contribution in [3.05, 3.63) is 29.8 Å². The summed E-state index contributed by atoms with van der Waals surface area (Å²) in [5.41, 5.74) is 1.02. The maximum atomic E-state index is 12.3. The number of benzene rings is 1. The molecule has 6 heteroatoms. The molecule has 1 aromatic carbocycles. The fourth-order valence-electron chi connectivity index (χ4n) is 2.94. The van der Waals surface area contributed by atoms with Gasteiger partial charge in [-0.05, 0) is 45.4 Å². The van der Waals surface area contributed by atoms with Gasteiger partial charge in [-0.3, -0.25) is 19.3 Å². The Bertz CT molecular complexity index is 615. The highest BCUT2D eigenvalue weighted by Gasteiger charge is 2.27. The van der Waals surface area contributed by atoms with E-state index in [2.05, 4.69) is 5.32 Å². The first-order chi connectivity index (χ1) is 11.5. The molecule has 0 aromatic heterocycles. The Morgan fingerprint density at radius 3 is 2.75 bits per heavy atom. The van der Waals surface area contributed by atoms with Gasteiger partial charge >= 0.3 is 5.97 Å². The average molecular weight is 332 g/mol. The molecule has 1 aliphatic heterocycles. The first-order valence-corrected chi connectivity index (χ1v) is 8.30. The third-order valence-corrected chi connectivity index (χ3v) is 4.07. The Kier molecular flexibility index (Phi) is 6.49. The van der Waals surface area contributed by atoms with Crippen molar-refractivity contribution in [1.82, 2.24) is 4.90 Å². The average Bonchev–Trinajstić information content (AvgIpc) is 2.55. The third-order valence-electron chi connectivity index (χ3n) is 4.07. The summed E-state index contributed by atoms with van der Waals surface area (Å²) < 4.78 is 5.07. The normalized spacial score (nSPS) is 18.0. The molecule has 0 spiro atoms. The molecule has 1 N–H and O–H groups in total. The van der Waals surface area contributed by atoms with Gasteiger partial charge in [-0.2, -0.15) is 0 Å². The zero-order chi connectivity index (χ0) is 17.5. The molecule has 0 radical (unpaired) electrons. The van der Waals surface area contributed by atoms with Crippen molar-refractivity contribution >= 4 is 23.3 Å². The van der Waals surface area contributed by atoms with Gasteiger partial charge in [-0.25, -0.2) is 0 Å². The van der Waals surface area contributed by atoms with Gasteiger partial charge < -0.3 is 10.1 Å². The molecule has 0 saturated carbocycles. The highest BCUT2D eigenvalue weighted by Crippen LogP contribution is 2.19. The molecule has 1 aromatic rings. The van der Waals surface area contributed by atoms with Crippen molar-refractivity contribution in [2.24, 2.45) is 5.92 Å². The highest BCUT2D eigenvalue weighted by molar-refractivity contribution is 6.04. The lowest BCUT2D eigenvalue weighted by molar-refractivity contribution is -0.150. The Balaban J connectivity index is 1.93. The summed E-state index contributed by atoms with van der Waals surface area (Å²) in [4.78, 5) is 37.7. The molecule has 0 aliphatic carbocycles. The van der Waals surface area contributed by atoms with Crippen LogP contribution in [0.25, 0.3) is 0 Å². The van der Waals surface area contributed by atoms with Gasteiger partial charge in [0.2, 0.25) is 5.91 Å². The summed E-state index contributed by atoms with van der Waals surface area (Å²) in [7, 11) is 0. The van der Waals surface area contributed by atoms with Crippen LogP contribution in [0.5, 0.6) is 0 Å². The van der Waals surface area contributed by atoms with Gasteiger partial charge in [-0.15, -0.1) is 0 Å². The van der Waals surface area contributed by atoms with Crippen LogP contribution in [0.15, 0.2) is 24.3 Å². The van der Waals surface area contributed by atoms with Crippen LogP contribution >= 0.6 is 0 Å². The standard InChI is InChI=1S/C18H24N2O4/c1-3-24-18(23)14-7-6-10-20(11-14)12-17(22)19-16-9-5-4-8-15(16)13(2)21/h4-5,8-9,14H,3,6-7,10-12H2,1-2H3,(H,19,22)/t14-/m0/s1. The molecule has 6 nitrogen and oxygen atoms in total. The molecule has 0 unspecified atom stereocenters. The van der Waals surface area contributed by atoms with Gasteiger partial charge in [0.15, 0.2) is 5.78 Å². The molecule has 1 atom stereocenters. The van der Waals surface area contributed by atoms with E-state index in [9.17, 15) is 14.4 Å². The molecule has 0 bridgehead atoms. The number of Topliss-reactive ketones (excluding diaryl/α,β-unsaturated/α-hetero) is 1.